The van der Waals surface area contributed by atoms with E-state index in [1.54, 1.807) is 13.1 Å². The molecule has 0 fully saturated rings. The molecular formula is C19H19N3O3. The molecule has 1 amide bonds. The SMILES string of the molecule is COC(=O)C1c2cncnc2CN1C(=O)/C(C)=C/c1ccc(C)cc1. The molecular weight excluding hydrogens is 318 g/mol. The Hall–Kier alpha value is -3.02. The summed E-state index contributed by atoms with van der Waals surface area (Å²) in [7, 11) is 1.31. The molecule has 3 rings (SSSR count). The predicted molar refractivity (Wildman–Crippen MR) is 92.2 cm³/mol. The lowest BCUT2D eigenvalue weighted by atomic mass is 10.1. The van der Waals surface area contributed by atoms with E-state index >= 15 is 0 Å². The fourth-order valence-electron chi connectivity index (χ4n) is 2.90. The first-order chi connectivity index (χ1) is 12.0. The van der Waals surface area contributed by atoms with Crippen LogP contribution in [-0.2, 0) is 20.9 Å². The Morgan fingerprint density at radius 3 is 2.68 bits per heavy atom. The molecule has 2 heterocycles. The summed E-state index contributed by atoms with van der Waals surface area (Å²) in [6.07, 6.45) is 4.79. The van der Waals surface area contributed by atoms with Crippen LogP contribution in [-0.4, -0.2) is 33.9 Å². The lowest BCUT2D eigenvalue weighted by Gasteiger charge is -2.23. The summed E-state index contributed by atoms with van der Waals surface area (Å²) in [4.78, 5) is 34.8. The Morgan fingerprint density at radius 1 is 1.28 bits per heavy atom. The number of benzene rings is 1. The summed E-state index contributed by atoms with van der Waals surface area (Å²) in [6.45, 7) is 4.01. The topological polar surface area (TPSA) is 72.4 Å². The van der Waals surface area contributed by atoms with Crippen LogP contribution in [0.4, 0.5) is 0 Å². The number of aryl methyl sites for hydroxylation is 1. The largest absolute Gasteiger partial charge is 0.467 e. The quantitative estimate of drug-likeness (QED) is 0.635. The smallest absolute Gasteiger partial charge is 0.333 e. The average molecular weight is 337 g/mol. The van der Waals surface area contributed by atoms with Gasteiger partial charge in [0, 0.05) is 17.3 Å². The monoisotopic (exact) mass is 337 g/mol. The Labute approximate surface area is 146 Å². The van der Waals surface area contributed by atoms with Crippen molar-refractivity contribution in [3.63, 3.8) is 0 Å². The number of aromatic nitrogens is 2. The first-order valence-electron chi connectivity index (χ1n) is 7.94. The highest BCUT2D eigenvalue weighted by Crippen LogP contribution is 2.34. The van der Waals surface area contributed by atoms with Gasteiger partial charge in [-0.1, -0.05) is 29.8 Å². The molecule has 25 heavy (non-hydrogen) atoms. The zero-order valence-electron chi connectivity index (χ0n) is 14.4. The van der Waals surface area contributed by atoms with E-state index in [9.17, 15) is 9.59 Å². The molecule has 0 aliphatic carbocycles. The number of hydrogen-bond acceptors (Lipinski definition) is 5. The third-order valence-electron chi connectivity index (χ3n) is 4.24. The van der Waals surface area contributed by atoms with Crippen LogP contribution in [0.5, 0.6) is 0 Å². The van der Waals surface area contributed by atoms with Crippen LogP contribution in [0, 0.1) is 6.92 Å². The lowest BCUT2D eigenvalue weighted by Crippen LogP contribution is -2.35. The Morgan fingerprint density at radius 2 is 2.00 bits per heavy atom. The van der Waals surface area contributed by atoms with E-state index in [2.05, 4.69) is 9.97 Å². The molecule has 0 N–H and O–H groups in total. The molecule has 6 nitrogen and oxygen atoms in total. The molecule has 1 aliphatic rings. The second-order valence-corrected chi connectivity index (χ2v) is 6.02. The maximum atomic E-state index is 12.9. The van der Waals surface area contributed by atoms with Gasteiger partial charge < -0.3 is 9.64 Å². The first-order valence-corrected chi connectivity index (χ1v) is 7.94. The highest BCUT2D eigenvalue weighted by Gasteiger charge is 2.40. The Bertz CT molecular complexity index is 843. The van der Waals surface area contributed by atoms with Crippen LogP contribution in [0.1, 0.15) is 35.3 Å². The highest BCUT2D eigenvalue weighted by atomic mass is 16.5. The molecule has 1 unspecified atom stereocenters. The maximum Gasteiger partial charge on any atom is 0.333 e. The number of hydrogen-bond donors (Lipinski definition) is 0. The van der Waals surface area contributed by atoms with E-state index in [4.69, 9.17) is 4.74 Å². The maximum absolute atomic E-state index is 12.9. The van der Waals surface area contributed by atoms with Crippen molar-refractivity contribution in [2.24, 2.45) is 0 Å². The minimum Gasteiger partial charge on any atom is -0.467 e. The van der Waals surface area contributed by atoms with Gasteiger partial charge in [0.15, 0.2) is 6.04 Å². The number of amides is 1. The number of fused-ring (bicyclic) bond motifs is 1. The highest BCUT2D eigenvalue weighted by molar-refractivity contribution is 6.00. The molecule has 2 aromatic rings. The van der Waals surface area contributed by atoms with Crippen LogP contribution in [0.15, 0.2) is 42.4 Å². The summed E-state index contributed by atoms with van der Waals surface area (Å²) in [5.74, 6) is -0.723. The number of nitrogens with zero attached hydrogens (tertiary/aromatic N) is 3. The molecule has 0 saturated carbocycles. The van der Waals surface area contributed by atoms with Crippen molar-refractivity contribution >= 4 is 18.0 Å². The van der Waals surface area contributed by atoms with Crippen molar-refractivity contribution in [2.75, 3.05) is 7.11 Å². The molecule has 1 aliphatic heterocycles. The van der Waals surface area contributed by atoms with Gasteiger partial charge in [-0.3, -0.25) is 4.79 Å². The van der Waals surface area contributed by atoms with Crippen molar-refractivity contribution in [3.05, 3.63) is 64.7 Å². The van der Waals surface area contributed by atoms with Crippen molar-refractivity contribution < 1.29 is 14.3 Å². The number of rotatable bonds is 3. The fourth-order valence-corrected chi connectivity index (χ4v) is 2.90. The van der Waals surface area contributed by atoms with Crippen LogP contribution in [0.2, 0.25) is 0 Å². The minimum absolute atomic E-state index is 0.228. The van der Waals surface area contributed by atoms with Crippen molar-refractivity contribution in [1.29, 1.82) is 0 Å². The number of carbonyl (C=O) groups excluding carboxylic acids is 2. The number of methoxy groups -OCH3 is 1. The van der Waals surface area contributed by atoms with Gasteiger partial charge in [-0.2, -0.15) is 0 Å². The summed E-state index contributed by atoms with van der Waals surface area (Å²) >= 11 is 0. The molecule has 0 spiro atoms. The molecule has 1 atom stereocenters. The predicted octanol–water partition coefficient (Wildman–Crippen LogP) is 2.44. The summed E-state index contributed by atoms with van der Waals surface area (Å²) < 4.78 is 4.87. The molecule has 1 aromatic heterocycles. The van der Waals surface area contributed by atoms with Gasteiger partial charge in [0.05, 0.1) is 19.3 Å². The second kappa shape index (κ2) is 6.84. The molecule has 6 heteroatoms. The average Bonchev–Trinajstić information content (AvgIpc) is 3.01. The molecule has 0 saturated heterocycles. The van der Waals surface area contributed by atoms with Gasteiger partial charge in [-0.05, 0) is 25.5 Å². The standard InChI is InChI=1S/C19H19N3O3/c1-12-4-6-14(7-5-12)8-13(2)18(23)22-10-16-15(9-20-11-21-16)17(22)19(24)25-3/h4-9,11,17H,10H2,1-3H3/b13-8+. The van der Waals surface area contributed by atoms with Crippen molar-refractivity contribution in [1.82, 2.24) is 14.9 Å². The van der Waals surface area contributed by atoms with Gasteiger partial charge in [-0.25, -0.2) is 14.8 Å². The van der Waals surface area contributed by atoms with E-state index in [0.717, 1.165) is 11.1 Å². The Kier molecular flexibility index (Phi) is 4.61. The van der Waals surface area contributed by atoms with Crippen molar-refractivity contribution in [3.8, 4) is 0 Å². The van der Waals surface area contributed by atoms with Crippen molar-refractivity contribution in [2.45, 2.75) is 26.4 Å². The zero-order valence-corrected chi connectivity index (χ0v) is 14.4. The van der Waals surface area contributed by atoms with Crippen LogP contribution in [0.3, 0.4) is 0 Å². The molecule has 128 valence electrons. The van der Waals surface area contributed by atoms with Gasteiger partial charge in [0.1, 0.15) is 6.33 Å². The molecule has 1 aromatic carbocycles. The van der Waals surface area contributed by atoms with Gasteiger partial charge >= 0.3 is 5.97 Å². The summed E-state index contributed by atoms with van der Waals surface area (Å²) in [5, 5.41) is 0. The fraction of sp³-hybridized carbons (Fsp3) is 0.263. The third kappa shape index (κ3) is 3.28. The van der Waals surface area contributed by atoms with Gasteiger partial charge in [0.25, 0.3) is 5.91 Å². The number of carbonyl (C=O) groups is 2. The zero-order chi connectivity index (χ0) is 18.0. The van der Waals surface area contributed by atoms with E-state index in [-0.39, 0.29) is 12.5 Å². The lowest BCUT2D eigenvalue weighted by molar-refractivity contribution is -0.151. The third-order valence-corrected chi connectivity index (χ3v) is 4.24. The summed E-state index contributed by atoms with van der Waals surface area (Å²) in [6, 6.07) is 7.07. The summed E-state index contributed by atoms with van der Waals surface area (Å²) in [5.41, 5.74) is 3.91. The Balaban J connectivity index is 1.90. The van der Waals surface area contributed by atoms with E-state index < -0.39 is 12.0 Å². The number of ether oxygens (including phenoxy) is 1. The van der Waals surface area contributed by atoms with Gasteiger partial charge in [0.2, 0.25) is 0 Å². The minimum atomic E-state index is -0.810. The normalized spacial score (nSPS) is 16.5. The van der Waals surface area contributed by atoms with Crippen LogP contribution >= 0.6 is 0 Å². The van der Waals surface area contributed by atoms with E-state index in [0.29, 0.717) is 16.8 Å². The van der Waals surface area contributed by atoms with E-state index in [1.807, 2.05) is 37.3 Å². The molecule has 0 radical (unpaired) electrons. The number of esters is 1. The second-order valence-electron chi connectivity index (χ2n) is 6.02. The van der Waals surface area contributed by atoms with Crippen LogP contribution in [0.25, 0.3) is 6.08 Å². The van der Waals surface area contributed by atoms with E-state index in [1.165, 1.54) is 18.3 Å². The molecule has 0 bridgehead atoms. The van der Waals surface area contributed by atoms with Gasteiger partial charge in [-0.15, -0.1) is 0 Å². The first kappa shape index (κ1) is 16.8. The van der Waals surface area contributed by atoms with Crippen LogP contribution < -0.4 is 0 Å².